The third-order valence-electron chi connectivity index (χ3n) is 3.37. The summed E-state index contributed by atoms with van der Waals surface area (Å²) in [6, 6.07) is 0. The zero-order valence-electron chi connectivity index (χ0n) is 11.0. The number of hydrogen-bond acceptors (Lipinski definition) is 3. The Bertz CT molecular complexity index is 541. The second-order valence-electron chi connectivity index (χ2n) is 4.64. The maximum Gasteiger partial charge on any atom is 0.230 e. The average molecular weight is 329 g/mol. The van der Waals surface area contributed by atoms with Crippen molar-refractivity contribution in [3.05, 3.63) is 27.1 Å². The minimum Gasteiger partial charge on any atom is -0.378 e. The Hall–Kier alpha value is -1.14. The van der Waals surface area contributed by atoms with E-state index in [0.29, 0.717) is 23.2 Å². The van der Waals surface area contributed by atoms with Gasteiger partial charge in [0.05, 0.1) is 16.5 Å². The largest absolute Gasteiger partial charge is 0.378 e. The summed E-state index contributed by atoms with van der Waals surface area (Å²) in [4.78, 5) is 24.1. The van der Waals surface area contributed by atoms with E-state index in [2.05, 4.69) is 21.2 Å². The van der Waals surface area contributed by atoms with Crippen LogP contribution in [-0.2, 0) is 16.1 Å². The van der Waals surface area contributed by atoms with E-state index in [1.807, 2.05) is 18.4 Å². The van der Waals surface area contributed by atoms with Crippen molar-refractivity contribution in [3.63, 3.8) is 0 Å². The van der Waals surface area contributed by atoms with Gasteiger partial charge in [0.25, 0.3) is 0 Å². The molecule has 1 aromatic heterocycles. The Kier molecular flexibility index (Phi) is 4.42. The topological polar surface area (TPSA) is 60.3 Å². The lowest BCUT2D eigenvalue weighted by Crippen LogP contribution is -2.30. The molecule has 104 valence electrons. The monoisotopic (exact) mass is 328 g/mol. The van der Waals surface area contributed by atoms with Crippen LogP contribution in [-0.4, -0.2) is 23.2 Å². The van der Waals surface area contributed by atoms with Crippen molar-refractivity contribution in [2.75, 3.05) is 11.9 Å². The number of carbonyl (C=O) groups is 1. The van der Waals surface area contributed by atoms with Gasteiger partial charge in [-0.2, -0.15) is 0 Å². The fraction of sp³-hybridized carbons (Fsp3) is 0.538. The summed E-state index contributed by atoms with van der Waals surface area (Å²) in [7, 11) is 0. The molecular weight excluding hydrogens is 312 g/mol. The minimum atomic E-state index is -0.204. The molecule has 0 unspecified atom stereocenters. The number of ether oxygens (including phenoxy) is 1. The molecule has 19 heavy (non-hydrogen) atoms. The Morgan fingerprint density at radius 2 is 2.32 bits per heavy atom. The summed E-state index contributed by atoms with van der Waals surface area (Å²) in [5, 5.41) is 2.72. The predicted molar refractivity (Wildman–Crippen MR) is 76.2 cm³/mol. The number of nitrogens with one attached hydrogen (secondary N) is 1. The highest BCUT2D eigenvalue weighted by atomic mass is 79.9. The molecule has 6 heteroatoms. The van der Waals surface area contributed by atoms with Crippen molar-refractivity contribution in [2.45, 2.75) is 32.9 Å². The number of aromatic nitrogens is 1. The maximum absolute atomic E-state index is 12.1. The van der Waals surface area contributed by atoms with Crippen LogP contribution in [0.2, 0.25) is 0 Å². The van der Waals surface area contributed by atoms with Crippen LogP contribution >= 0.6 is 15.9 Å². The fourth-order valence-corrected chi connectivity index (χ4v) is 2.64. The number of nitrogens with zero attached hydrogens (tertiary/aromatic N) is 1. The van der Waals surface area contributed by atoms with Crippen LogP contribution < -0.4 is 10.7 Å². The second-order valence-corrected chi connectivity index (χ2v) is 5.49. The predicted octanol–water partition coefficient (Wildman–Crippen LogP) is 1.99. The Balaban J connectivity index is 2.21. The van der Waals surface area contributed by atoms with E-state index in [1.165, 1.54) is 0 Å². The molecule has 1 N–H and O–H groups in total. The van der Waals surface area contributed by atoms with Crippen LogP contribution in [0.5, 0.6) is 0 Å². The number of aryl methyl sites for hydroxylation is 1. The van der Waals surface area contributed by atoms with E-state index in [1.54, 1.807) is 12.4 Å². The first-order valence-electron chi connectivity index (χ1n) is 6.35. The molecule has 0 aliphatic carbocycles. The number of halogens is 1. The molecular formula is C13H17BrN2O3. The van der Waals surface area contributed by atoms with Crippen molar-refractivity contribution in [1.82, 2.24) is 4.57 Å². The lowest BCUT2D eigenvalue weighted by molar-refractivity contribution is -0.121. The molecule has 0 spiro atoms. The standard InChI is InChI=1S/C13H17BrN2O3/c1-3-16-6-10(14)12(17)11(7-16)15-13(18)9-4-5-19-8(9)2/h6-9H,3-5H2,1-2H3,(H,15,18)/t8-,9+/m0/s1. The molecule has 2 atom stereocenters. The number of amides is 1. The van der Waals surface area contributed by atoms with Crippen LogP contribution in [0.15, 0.2) is 21.7 Å². The Labute approximate surface area is 120 Å². The number of carbonyl (C=O) groups excluding carboxylic acids is 1. The van der Waals surface area contributed by atoms with Gasteiger partial charge >= 0.3 is 0 Å². The number of anilines is 1. The minimum absolute atomic E-state index is 0.0967. The van der Waals surface area contributed by atoms with Crippen LogP contribution in [0, 0.1) is 5.92 Å². The molecule has 0 aromatic carbocycles. The lowest BCUT2D eigenvalue weighted by atomic mass is 10.0. The fourth-order valence-electron chi connectivity index (χ4n) is 2.17. The summed E-state index contributed by atoms with van der Waals surface area (Å²) < 4.78 is 7.66. The lowest BCUT2D eigenvalue weighted by Gasteiger charge is -2.14. The van der Waals surface area contributed by atoms with Gasteiger partial charge in [0.2, 0.25) is 11.3 Å². The number of rotatable bonds is 3. The van der Waals surface area contributed by atoms with Crippen LogP contribution in [0.4, 0.5) is 5.69 Å². The van der Waals surface area contributed by atoms with Crippen molar-refractivity contribution in [2.24, 2.45) is 5.92 Å². The normalized spacial score (nSPS) is 22.5. The van der Waals surface area contributed by atoms with E-state index >= 15 is 0 Å². The van der Waals surface area contributed by atoms with E-state index in [4.69, 9.17) is 4.74 Å². The van der Waals surface area contributed by atoms with E-state index in [-0.39, 0.29) is 23.4 Å². The van der Waals surface area contributed by atoms with Gasteiger partial charge in [-0.15, -0.1) is 0 Å². The second kappa shape index (κ2) is 5.88. The molecule has 1 aliphatic heterocycles. The van der Waals surface area contributed by atoms with Gasteiger partial charge in [0.1, 0.15) is 5.69 Å². The highest BCUT2D eigenvalue weighted by molar-refractivity contribution is 9.10. The van der Waals surface area contributed by atoms with Crippen molar-refractivity contribution in [3.8, 4) is 0 Å². The summed E-state index contributed by atoms with van der Waals surface area (Å²) in [5.41, 5.74) is 0.102. The molecule has 5 nitrogen and oxygen atoms in total. The molecule has 1 aliphatic rings. The number of pyridine rings is 1. The van der Waals surface area contributed by atoms with Crippen LogP contribution in [0.25, 0.3) is 0 Å². The molecule has 0 saturated carbocycles. The van der Waals surface area contributed by atoms with Crippen molar-refractivity contribution < 1.29 is 9.53 Å². The van der Waals surface area contributed by atoms with Crippen molar-refractivity contribution >= 4 is 27.5 Å². The van der Waals surface area contributed by atoms with Crippen LogP contribution in [0.3, 0.4) is 0 Å². The molecule has 1 amide bonds. The first kappa shape index (κ1) is 14.3. The zero-order valence-corrected chi connectivity index (χ0v) is 12.6. The van der Waals surface area contributed by atoms with E-state index in [0.717, 1.165) is 6.54 Å². The molecule has 2 heterocycles. The quantitative estimate of drug-likeness (QED) is 0.923. The summed E-state index contributed by atoms with van der Waals surface area (Å²) >= 11 is 3.21. The number of hydrogen-bond donors (Lipinski definition) is 1. The first-order valence-corrected chi connectivity index (χ1v) is 7.14. The van der Waals surface area contributed by atoms with Crippen molar-refractivity contribution in [1.29, 1.82) is 0 Å². The molecule has 1 fully saturated rings. The molecule has 1 saturated heterocycles. The van der Waals surface area contributed by atoms with Gasteiger partial charge in [0, 0.05) is 25.5 Å². The SMILES string of the molecule is CCn1cc(Br)c(=O)c(NC(=O)[C@@H]2CCO[C@H]2C)c1. The summed E-state index contributed by atoms with van der Waals surface area (Å²) in [5.74, 6) is -0.337. The van der Waals surface area contributed by atoms with Gasteiger partial charge in [0.15, 0.2) is 0 Å². The average Bonchev–Trinajstić information content (AvgIpc) is 2.80. The van der Waals surface area contributed by atoms with Gasteiger partial charge in [-0.3, -0.25) is 9.59 Å². The third-order valence-corrected chi connectivity index (χ3v) is 3.94. The Morgan fingerprint density at radius 1 is 1.58 bits per heavy atom. The highest BCUT2D eigenvalue weighted by Crippen LogP contribution is 2.22. The first-order chi connectivity index (χ1) is 9.02. The van der Waals surface area contributed by atoms with Gasteiger partial charge < -0.3 is 14.6 Å². The maximum atomic E-state index is 12.1. The zero-order chi connectivity index (χ0) is 14.0. The summed E-state index contributed by atoms with van der Waals surface area (Å²) in [6.07, 6.45) is 3.97. The van der Waals surface area contributed by atoms with Gasteiger partial charge in [-0.1, -0.05) is 0 Å². The smallest absolute Gasteiger partial charge is 0.230 e. The summed E-state index contributed by atoms with van der Waals surface area (Å²) in [6.45, 7) is 5.17. The van der Waals surface area contributed by atoms with Gasteiger partial charge in [-0.05, 0) is 36.2 Å². The highest BCUT2D eigenvalue weighted by Gasteiger charge is 2.31. The molecule has 2 rings (SSSR count). The van der Waals surface area contributed by atoms with E-state index < -0.39 is 0 Å². The van der Waals surface area contributed by atoms with Crippen LogP contribution in [0.1, 0.15) is 20.3 Å². The van der Waals surface area contributed by atoms with Gasteiger partial charge in [-0.25, -0.2) is 0 Å². The third kappa shape index (κ3) is 3.06. The Morgan fingerprint density at radius 3 is 2.89 bits per heavy atom. The molecule has 0 bridgehead atoms. The van der Waals surface area contributed by atoms with E-state index in [9.17, 15) is 9.59 Å². The molecule has 0 radical (unpaired) electrons. The molecule has 1 aromatic rings.